The van der Waals surface area contributed by atoms with E-state index >= 15 is 0 Å². The van der Waals surface area contributed by atoms with Crippen molar-refractivity contribution in [3.8, 4) is 0 Å². The Labute approximate surface area is 153 Å². The average molecular weight is 371 g/mol. The van der Waals surface area contributed by atoms with Gasteiger partial charge in [-0.05, 0) is 35.7 Å². The van der Waals surface area contributed by atoms with E-state index in [-0.39, 0.29) is 23.2 Å². The van der Waals surface area contributed by atoms with Crippen molar-refractivity contribution in [1.29, 1.82) is 0 Å². The smallest absolute Gasteiger partial charge is 0.263 e. The molecule has 1 aliphatic rings. The second-order valence-corrected chi connectivity index (χ2v) is 8.12. The van der Waals surface area contributed by atoms with Crippen LogP contribution < -0.4 is 9.62 Å². The number of rotatable bonds is 4. The Morgan fingerprint density at radius 1 is 1.15 bits per heavy atom. The number of aliphatic imine (C=N–C) groups is 1. The first kappa shape index (κ1) is 18.1. The summed E-state index contributed by atoms with van der Waals surface area (Å²) in [5.74, 6) is 0.350. The van der Waals surface area contributed by atoms with Gasteiger partial charge in [0, 0.05) is 18.3 Å². The largest absolute Gasteiger partial charge is 0.314 e. The highest BCUT2D eigenvalue weighted by Gasteiger charge is 2.30. The van der Waals surface area contributed by atoms with Crippen LogP contribution in [0.5, 0.6) is 0 Å². The van der Waals surface area contributed by atoms with Gasteiger partial charge in [-0.3, -0.25) is 14.5 Å². The number of anilines is 1. The van der Waals surface area contributed by atoms with Crippen LogP contribution in [0.4, 0.5) is 5.69 Å². The number of hydrogen-bond acceptors (Lipinski definition) is 4. The molecule has 2 aromatic rings. The normalized spacial score (nSPS) is 16.4. The van der Waals surface area contributed by atoms with Gasteiger partial charge in [-0.1, -0.05) is 38.1 Å². The Morgan fingerprint density at radius 3 is 2.62 bits per heavy atom. The third-order valence-corrected chi connectivity index (χ3v) is 5.73. The Hall–Kier alpha value is -2.67. The predicted molar refractivity (Wildman–Crippen MR) is 102 cm³/mol. The Kier molecular flexibility index (Phi) is 4.82. The summed E-state index contributed by atoms with van der Waals surface area (Å²) in [6.07, 6.45) is 0. The highest BCUT2D eigenvalue weighted by atomic mass is 32.2. The van der Waals surface area contributed by atoms with Gasteiger partial charge in [-0.2, -0.15) is 0 Å². The lowest BCUT2D eigenvalue weighted by Gasteiger charge is -2.18. The molecule has 0 saturated heterocycles. The topological polar surface area (TPSA) is 78.8 Å². The minimum atomic E-state index is -3.60. The van der Waals surface area contributed by atoms with Crippen LogP contribution in [0.25, 0.3) is 0 Å². The molecule has 3 rings (SSSR count). The molecule has 0 saturated carbocycles. The van der Waals surface area contributed by atoms with E-state index in [2.05, 4.69) is 23.6 Å². The molecule has 0 fully saturated rings. The molecular formula is C19H21N3O3S. The number of carbonyl (C=O) groups excluding carboxylic acids is 1. The molecule has 136 valence electrons. The second kappa shape index (κ2) is 6.92. The lowest BCUT2D eigenvalue weighted by atomic mass is 10.0. The number of nitrogens with one attached hydrogen (secondary N) is 1. The van der Waals surface area contributed by atoms with Crippen LogP contribution in [0.2, 0.25) is 0 Å². The average Bonchev–Trinajstić information content (AvgIpc) is 2.90. The third kappa shape index (κ3) is 3.48. The van der Waals surface area contributed by atoms with Crippen molar-refractivity contribution in [1.82, 2.24) is 4.72 Å². The van der Waals surface area contributed by atoms with Gasteiger partial charge in [-0.15, -0.1) is 0 Å². The third-order valence-electron chi connectivity index (χ3n) is 4.33. The first-order valence-corrected chi connectivity index (χ1v) is 9.81. The second-order valence-electron chi connectivity index (χ2n) is 6.47. The van der Waals surface area contributed by atoms with Gasteiger partial charge in [0.1, 0.15) is 12.4 Å². The molecule has 0 atom stereocenters. The van der Waals surface area contributed by atoms with Crippen LogP contribution in [0.15, 0.2) is 58.4 Å². The Bertz CT molecular complexity index is 981. The van der Waals surface area contributed by atoms with Crippen molar-refractivity contribution in [2.75, 3.05) is 18.5 Å². The van der Waals surface area contributed by atoms with E-state index in [9.17, 15) is 13.2 Å². The summed E-state index contributed by atoms with van der Waals surface area (Å²) in [5, 5.41) is 0. The minimum absolute atomic E-state index is 0.144. The first-order valence-electron chi connectivity index (χ1n) is 8.33. The summed E-state index contributed by atoms with van der Waals surface area (Å²) < 4.78 is 26.6. The van der Waals surface area contributed by atoms with Crippen molar-refractivity contribution in [2.45, 2.75) is 24.7 Å². The first-order chi connectivity index (χ1) is 12.3. The number of likely N-dealkylation sites (N-methyl/N-ethyl adjacent to an activating group) is 1. The van der Waals surface area contributed by atoms with Crippen molar-refractivity contribution in [2.24, 2.45) is 4.99 Å². The SMILES string of the molecule is CC(C)c1cccc(N(C)C(=O)CN=C2NS(=O)(=O)c3ccccc32)c1. The molecule has 7 heteroatoms. The van der Waals surface area contributed by atoms with Crippen molar-refractivity contribution in [3.05, 3.63) is 59.7 Å². The van der Waals surface area contributed by atoms with Gasteiger partial charge in [0.25, 0.3) is 10.0 Å². The summed E-state index contributed by atoms with van der Waals surface area (Å²) in [6.45, 7) is 4.04. The van der Waals surface area contributed by atoms with Crippen molar-refractivity contribution in [3.63, 3.8) is 0 Å². The van der Waals surface area contributed by atoms with E-state index < -0.39 is 10.0 Å². The van der Waals surface area contributed by atoms with Gasteiger partial charge < -0.3 is 4.90 Å². The van der Waals surface area contributed by atoms with E-state index in [0.29, 0.717) is 11.5 Å². The van der Waals surface area contributed by atoms with E-state index in [1.54, 1.807) is 25.2 Å². The van der Waals surface area contributed by atoms with Crippen LogP contribution in [0.1, 0.15) is 30.9 Å². The number of fused-ring (bicyclic) bond motifs is 1. The number of nitrogens with zero attached hydrogens (tertiary/aromatic N) is 2. The van der Waals surface area contributed by atoms with Gasteiger partial charge in [0.15, 0.2) is 0 Å². The molecule has 2 aromatic carbocycles. The molecule has 0 aliphatic carbocycles. The maximum absolute atomic E-state index is 12.5. The van der Waals surface area contributed by atoms with Crippen LogP contribution in [-0.2, 0) is 14.8 Å². The van der Waals surface area contributed by atoms with Crippen LogP contribution in [-0.4, -0.2) is 33.8 Å². The zero-order valence-electron chi connectivity index (χ0n) is 14.9. The fourth-order valence-corrected chi connectivity index (χ4v) is 3.99. The molecule has 1 heterocycles. The maximum atomic E-state index is 12.5. The quantitative estimate of drug-likeness (QED) is 0.897. The van der Waals surface area contributed by atoms with Crippen LogP contribution in [0, 0.1) is 0 Å². The monoisotopic (exact) mass is 371 g/mol. The minimum Gasteiger partial charge on any atom is -0.314 e. The lowest BCUT2D eigenvalue weighted by Crippen LogP contribution is -2.30. The number of hydrogen-bond donors (Lipinski definition) is 1. The van der Waals surface area contributed by atoms with E-state index in [4.69, 9.17) is 0 Å². The summed E-state index contributed by atoms with van der Waals surface area (Å²) in [4.78, 5) is 18.4. The number of amides is 1. The molecule has 0 aromatic heterocycles. The molecule has 0 bridgehead atoms. The standard InChI is InChI=1S/C19H21N3O3S/c1-13(2)14-7-6-8-15(11-14)22(3)18(23)12-20-19-16-9-4-5-10-17(16)26(24,25)21-19/h4-11,13H,12H2,1-3H3,(H,20,21). The van der Waals surface area contributed by atoms with E-state index in [0.717, 1.165) is 11.3 Å². The molecule has 0 unspecified atom stereocenters. The number of carbonyl (C=O) groups is 1. The molecule has 26 heavy (non-hydrogen) atoms. The zero-order valence-corrected chi connectivity index (χ0v) is 15.7. The number of benzene rings is 2. The molecule has 0 spiro atoms. The summed E-state index contributed by atoms with van der Waals surface area (Å²) in [7, 11) is -1.91. The van der Waals surface area contributed by atoms with Crippen molar-refractivity contribution < 1.29 is 13.2 Å². The fourth-order valence-electron chi connectivity index (χ4n) is 2.74. The van der Waals surface area contributed by atoms with Gasteiger partial charge >= 0.3 is 0 Å². The van der Waals surface area contributed by atoms with E-state index in [1.807, 2.05) is 24.3 Å². The highest BCUT2D eigenvalue weighted by molar-refractivity contribution is 7.90. The molecule has 1 aliphatic heterocycles. The lowest BCUT2D eigenvalue weighted by molar-refractivity contribution is -0.116. The highest BCUT2D eigenvalue weighted by Crippen LogP contribution is 2.23. The molecular weight excluding hydrogens is 350 g/mol. The summed E-state index contributed by atoms with van der Waals surface area (Å²) in [5.41, 5.74) is 2.42. The maximum Gasteiger partial charge on any atom is 0.263 e. The zero-order chi connectivity index (χ0) is 18.9. The Morgan fingerprint density at radius 2 is 1.88 bits per heavy atom. The number of sulfonamides is 1. The van der Waals surface area contributed by atoms with Crippen molar-refractivity contribution >= 4 is 27.5 Å². The molecule has 1 amide bonds. The fraction of sp³-hybridized carbons (Fsp3) is 0.263. The molecule has 1 N–H and O–H groups in total. The summed E-state index contributed by atoms with van der Waals surface area (Å²) >= 11 is 0. The van der Waals surface area contributed by atoms with E-state index in [1.165, 1.54) is 11.0 Å². The van der Waals surface area contributed by atoms with Gasteiger partial charge in [0.05, 0.1) is 4.90 Å². The molecule has 6 nitrogen and oxygen atoms in total. The summed E-state index contributed by atoms with van der Waals surface area (Å²) in [6, 6.07) is 14.4. The number of amidine groups is 1. The predicted octanol–water partition coefficient (Wildman–Crippen LogP) is 2.51. The Balaban J connectivity index is 1.79. The van der Waals surface area contributed by atoms with Gasteiger partial charge in [0.2, 0.25) is 5.91 Å². The molecule has 0 radical (unpaired) electrons. The van der Waals surface area contributed by atoms with Gasteiger partial charge in [-0.25, -0.2) is 8.42 Å². The van der Waals surface area contributed by atoms with Crippen LogP contribution >= 0.6 is 0 Å². The van der Waals surface area contributed by atoms with Crippen LogP contribution in [0.3, 0.4) is 0 Å².